The largest absolute Gasteiger partial charge is 0.483 e. The van der Waals surface area contributed by atoms with Gasteiger partial charge in [-0.15, -0.1) is 0 Å². The Morgan fingerprint density at radius 2 is 2.00 bits per heavy atom. The number of rotatable bonds is 2. The molecule has 104 valence electrons. The van der Waals surface area contributed by atoms with Gasteiger partial charge < -0.3 is 9.15 Å². The highest BCUT2D eigenvalue weighted by Gasteiger charge is 2.22. The van der Waals surface area contributed by atoms with Crippen LogP contribution < -0.4 is 10.4 Å². The predicted molar refractivity (Wildman–Crippen MR) is 80.2 cm³/mol. The Morgan fingerprint density at radius 3 is 2.75 bits per heavy atom. The molecule has 0 bridgehead atoms. The zero-order valence-electron chi connectivity index (χ0n) is 12.0. The Morgan fingerprint density at radius 1 is 1.20 bits per heavy atom. The Bertz CT molecular complexity index is 751. The number of hydrogen-bond donors (Lipinski definition) is 0. The second-order valence-electron chi connectivity index (χ2n) is 5.77. The Hall–Kier alpha value is -2.03. The van der Waals surface area contributed by atoms with Gasteiger partial charge in [-0.05, 0) is 38.0 Å². The van der Waals surface area contributed by atoms with E-state index in [1.807, 2.05) is 32.1 Å². The van der Waals surface area contributed by atoms with E-state index in [1.54, 1.807) is 6.07 Å². The minimum atomic E-state index is -0.331. The predicted octanol–water partition coefficient (Wildman–Crippen LogP) is 3.93. The van der Waals surface area contributed by atoms with Crippen LogP contribution in [0.25, 0.3) is 17.0 Å². The van der Waals surface area contributed by atoms with E-state index in [0.717, 1.165) is 35.1 Å². The fraction of sp³-hybridized carbons (Fsp3) is 0.353. The third-order valence-electron chi connectivity index (χ3n) is 3.52. The molecule has 0 N–H and O–H groups in total. The lowest BCUT2D eigenvalue weighted by molar-refractivity contribution is 0.159. The van der Waals surface area contributed by atoms with E-state index in [2.05, 4.69) is 13.0 Å². The first kappa shape index (κ1) is 13.0. The molecule has 2 aromatic rings. The fourth-order valence-electron chi connectivity index (χ4n) is 2.57. The van der Waals surface area contributed by atoms with Crippen LogP contribution in [0.4, 0.5) is 0 Å². The van der Waals surface area contributed by atoms with Gasteiger partial charge in [-0.3, -0.25) is 0 Å². The molecule has 3 nitrogen and oxygen atoms in total. The van der Waals surface area contributed by atoms with Crippen LogP contribution >= 0.6 is 0 Å². The molecule has 1 aliphatic rings. The van der Waals surface area contributed by atoms with Crippen LogP contribution in [-0.2, 0) is 6.42 Å². The summed E-state index contributed by atoms with van der Waals surface area (Å²) >= 11 is 0. The van der Waals surface area contributed by atoms with Crippen molar-refractivity contribution in [2.45, 2.75) is 39.2 Å². The van der Waals surface area contributed by atoms with Crippen molar-refractivity contribution in [3.63, 3.8) is 0 Å². The molecule has 1 aromatic heterocycles. The highest BCUT2D eigenvalue weighted by Crippen LogP contribution is 2.34. The maximum Gasteiger partial charge on any atom is 0.336 e. The number of aryl methyl sites for hydroxylation is 1. The number of ether oxygens (including phenoxy) is 1. The number of hydrogen-bond acceptors (Lipinski definition) is 3. The van der Waals surface area contributed by atoms with Crippen molar-refractivity contribution in [3.8, 4) is 5.75 Å². The van der Waals surface area contributed by atoms with Gasteiger partial charge in [0.15, 0.2) is 0 Å². The molecule has 0 atom stereocenters. The number of fused-ring (bicyclic) bond motifs is 2. The summed E-state index contributed by atoms with van der Waals surface area (Å²) in [5.41, 5.74) is 2.04. The van der Waals surface area contributed by atoms with Crippen molar-refractivity contribution in [1.82, 2.24) is 0 Å². The van der Waals surface area contributed by atoms with Crippen LogP contribution in [0.15, 0.2) is 33.5 Å². The lowest BCUT2D eigenvalue weighted by atomic mass is 9.98. The molecule has 0 saturated carbocycles. The minimum Gasteiger partial charge on any atom is -0.483 e. The Kier molecular flexibility index (Phi) is 2.93. The summed E-state index contributed by atoms with van der Waals surface area (Å²) in [6.07, 6.45) is 5.98. The fourth-order valence-corrected chi connectivity index (χ4v) is 2.57. The monoisotopic (exact) mass is 270 g/mol. The summed E-state index contributed by atoms with van der Waals surface area (Å²) in [7, 11) is 0. The molecule has 0 unspecified atom stereocenters. The van der Waals surface area contributed by atoms with Crippen molar-refractivity contribution in [3.05, 3.63) is 45.8 Å². The second kappa shape index (κ2) is 4.51. The number of benzene rings is 1. The molecular weight excluding hydrogens is 252 g/mol. The van der Waals surface area contributed by atoms with Crippen LogP contribution in [0.5, 0.6) is 5.75 Å². The van der Waals surface area contributed by atoms with Gasteiger partial charge in [0.05, 0.1) is 0 Å². The average Bonchev–Trinajstić information content (AvgIpc) is 2.36. The summed E-state index contributed by atoms with van der Waals surface area (Å²) in [6.45, 7) is 6.10. The van der Waals surface area contributed by atoms with E-state index in [4.69, 9.17) is 9.15 Å². The van der Waals surface area contributed by atoms with E-state index in [1.165, 1.54) is 0 Å². The zero-order chi connectivity index (χ0) is 14.3. The van der Waals surface area contributed by atoms with Crippen molar-refractivity contribution in [1.29, 1.82) is 0 Å². The first-order chi connectivity index (χ1) is 9.48. The summed E-state index contributed by atoms with van der Waals surface area (Å²) in [6, 6.07) is 5.47. The van der Waals surface area contributed by atoms with Gasteiger partial charge in [0, 0.05) is 23.1 Å². The summed E-state index contributed by atoms with van der Waals surface area (Å²) < 4.78 is 11.2. The van der Waals surface area contributed by atoms with Crippen LogP contribution in [0, 0.1) is 0 Å². The molecule has 0 spiro atoms. The first-order valence-electron chi connectivity index (χ1n) is 6.97. The smallest absolute Gasteiger partial charge is 0.336 e. The molecule has 1 aromatic carbocycles. The molecule has 3 rings (SSSR count). The SMILES string of the molecule is CCCc1cc(=O)oc2cc3c(cc12)C=CC(C)(C)O3. The first-order valence-corrected chi connectivity index (χ1v) is 6.97. The molecule has 0 radical (unpaired) electrons. The summed E-state index contributed by atoms with van der Waals surface area (Å²) in [5.74, 6) is 0.766. The van der Waals surface area contributed by atoms with Crippen molar-refractivity contribution >= 4 is 17.0 Å². The zero-order valence-corrected chi connectivity index (χ0v) is 12.0. The van der Waals surface area contributed by atoms with E-state index in [0.29, 0.717) is 5.58 Å². The van der Waals surface area contributed by atoms with Crippen LogP contribution in [0.1, 0.15) is 38.3 Å². The topological polar surface area (TPSA) is 39.4 Å². The van der Waals surface area contributed by atoms with E-state index in [9.17, 15) is 4.79 Å². The van der Waals surface area contributed by atoms with Gasteiger partial charge in [0.25, 0.3) is 0 Å². The van der Waals surface area contributed by atoms with Crippen molar-refractivity contribution < 1.29 is 9.15 Å². The summed E-state index contributed by atoms with van der Waals surface area (Å²) in [4.78, 5) is 11.7. The van der Waals surface area contributed by atoms with E-state index in [-0.39, 0.29) is 11.2 Å². The van der Waals surface area contributed by atoms with Crippen LogP contribution in [-0.4, -0.2) is 5.60 Å². The Labute approximate surface area is 117 Å². The van der Waals surface area contributed by atoms with Crippen molar-refractivity contribution in [2.24, 2.45) is 0 Å². The quantitative estimate of drug-likeness (QED) is 0.776. The lowest BCUT2D eigenvalue weighted by Gasteiger charge is -2.28. The Balaban J connectivity index is 2.24. The van der Waals surface area contributed by atoms with Crippen LogP contribution in [0.3, 0.4) is 0 Å². The molecule has 3 heteroatoms. The lowest BCUT2D eigenvalue weighted by Crippen LogP contribution is -2.27. The maximum atomic E-state index is 11.7. The molecule has 1 aliphatic heterocycles. The van der Waals surface area contributed by atoms with Gasteiger partial charge >= 0.3 is 5.63 Å². The maximum absolute atomic E-state index is 11.7. The van der Waals surface area contributed by atoms with Gasteiger partial charge in [0.1, 0.15) is 16.9 Å². The molecule has 2 heterocycles. The molecule has 0 saturated heterocycles. The third-order valence-corrected chi connectivity index (χ3v) is 3.52. The van der Waals surface area contributed by atoms with Gasteiger partial charge in [-0.25, -0.2) is 4.79 Å². The van der Waals surface area contributed by atoms with Gasteiger partial charge in [-0.2, -0.15) is 0 Å². The molecular formula is C17H18O3. The summed E-state index contributed by atoms with van der Waals surface area (Å²) in [5, 5.41) is 0.998. The average molecular weight is 270 g/mol. The standard InChI is InChI=1S/C17H18O3/c1-4-5-11-9-16(18)19-15-10-14-12(8-13(11)15)6-7-17(2,3)20-14/h6-10H,4-5H2,1-3H3. The van der Waals surface area contributed by atoms with Gasteiger partial charge in [0.2, 0.25) is 0 Å². The van der Waals surface area contributed by atoms with E-state index >= 15 is 0 Å². The second-order valence-corrected chi connectivity index (χ2v) is 5.77. The third kappa shape index (κ3) is 2.24. The molecule has 0 amide bonds. The van der Waals surface area contributed by atoms with Crippen molar-refractivity contribution in [2.75, 3.05) is 0 Å². The molecule has 20 heavy (non-hydrogen) atoms. The highest BCUT2D eigenvalue weighted by atomic mass is 16.5. The highest BCUT2D eigenvalue weighted by molar-refractivity contribution is 5.86. The van der Waals surface area contributed by atoms with Crippen LogP contribution in [0.2, 0.25) is 0 Å². The van der Waals surface area contributed by atoms with E-state index < -0.39 is 0 Å². The normalized spacial score (nSPS) is 15.9. The minimum absolute atomic E-state index is 0.300. The molecule has 0 aliphatic carbocycles. The van der Waals surface area contributed by atoms with Gasteiger partial charge in [-0.1, -0.05) is 19.4 Å². The molecule has 0 fully saturated rings.